The molecule has 0 nitrogen and oxygen atoms in total. The Balaban J connectivity index is 3.02. The summed E-state index contributed by atoms with van der Waals surface area (Å²) in [5.74, 6) is 1.26. The SMILES string of the molecule is CC(C)Cc1ccc(Cl)cc1C(C)C. The molecule has 0 aliphatic heterocycles. The molecule has 0 fully saturated rings. The average Bonchev–Trinajstić information content (AvgIpc) is 2.07. The monoisotopic (exact) mass is 210 g/mol. The van der Waals surface area contributed by atoms with Crippen molar-refractivity contribution in [2.24, 2.45) is 5.92 Å². The molecule has 0 heterocycles. The van der Waals surface area contributed by atoms with Crippen LogP contribution in [0.5, 0.6) is 0 Å². The maximum absolute atomic E-state index is 6.00. The van der Waals surface area contributed by atoms with Gasteiger partial charge in [0.05, 0.1) is 0 Å². The van der Waals surface area contributed by atoms with E-state index in [0.29, 0.717) is 11.8 Å². The molecule has 1 rings (SSSR count). The molecule has 0 bridgehead atoms. The highest BCUT2D eigenvalue weighted by molar-refractivity contribution is 6.30. The maximum Gasteiger partial charge on any atom is 0.0409 e. The van der Waals surface area contributed by atoms with E-state index >= 15 is 0 Å². The average molecular weight is 211 g/mol. The highest BCUT2D eigenvalue weighted by Crippen LogP contribution is 2.25. The molecule has 0 atom stereocenters. The summed E-state index contributed by atoms with van der Waals surface area (Å²) in [6.45, 7) is 8.93. The first-order valence-corrected chi connectivity index (χ1v) is 5.66. The molecule has 1 aromatic rings. The van der Waals surface area contributed by atoms with E-state index in [1.54, 1.807) is 0 Å². The van der Waals surface area contributed by atoms with Crippen molar-refractivity contribution < 1.29 is 0 Å². The summed E-state index contributed by atoms with van der Waals surface area (Å²) < 4.78 is 0. The van der Waals surface area contributed by atoms with Gasteiger partial charge in [0.15, 0.2) is 0 Å². The van der Waals surface area contributed by atoms with Crippen LogP contribution in [0.15, 0.2) is 18.2 Å². The third-order valence-corrected chi connectivity index (χ3v) is 2.59. The second-order valence-corrected chi connectivity index (χ2v) is 5.03. The van der Waals surface area contributed by atoms with E-state index in [2.05, 4.69) is 39.8 Å². The van der Waals surface area contributed by atoms with Crippen molar-refractivity contribution in [3.05, 3.63) is 34.3 Å². The van der Waals surface area contributed by atoms with Crippen LogP contribution < -0.4 is 0 Å². The number of hydrogen-bond donors (Lipinski definition) is 0. The van der Waals surface area contributed by atoms with Crippen molar-refractivity contribution in [2.45, 2.75) is 40.0 Å². The van der Waals surface area contributed by atoms with Crippen molar-refractivity contribution in [3.63, 3.8) is 0 Å². The zero-order valence-corrected chi connectivity index (χ0v) is 10.2. The van der Waals surface area contributed by atoms with Gasteiger partial charge in [0.25, 0.3) is 0 Å². The summed E-state index contributed by atoms with van der Waals surface area (Å²) in [5.41, 5.74) is 2.84. The fourth-order valence-electron chi connectivity index (χ4n) is 1.73. The molecular weight excluding hydrogens is 192 g/mol. The second kappa shape index (κ2) is 4.84. The Bertz CT molecular complexity index is 300. The Hall–Kier alpha value is -0.490. The lowest BCUT2D eigenvalue weighted by Crippen LogP contribution is -2.00. The van der Waals surface area contributed by atoms with Gasteiger partial charge in [0.2, 0.25) is 0 Å². The lowest BCUT2D eigenvalue weighted by atomic mass is 9.92. The molecule has 0 saturated carbocycles. The fourth-order valence-corrected chi connectivity index (χ4v) is 1.91. The molecule has 1 heteroatoms. The van der Waals surface area contributed by atoms with Crippen LogP contribution in [-0.2, 0) is 6.42 Å². The number of hydrogen-bond acceptors (Lipinski definition) is 0. The molecular formula is C13H19Cl. The highest BCUT2D eigenvalue weighted by atomic mass is 35.5. The largest absolute Gasteiger partial charge is 0.0843 e. The van der Waals surface area contributed by atoms with Crippen LogP contribution in [0.4, 0.5) is 0 Å². The van der Waals surface area contributed by atoms with Crippen LogP contribution in [0.1, 0.15) is 44.7 Å². The van der Waals surface area contributed by atoms with E-state index < -0.39 is 0 Å². The Morgan fingerprint density at radius 3 is 2.29 bits per heavy atom. The van der Waals surface area contributed by atoms with Crippen LogP contribution in [-0.4, -0.2) is 0 Å². The zero-order chi connectivity index (χ0) is 10.7. The summed E-state index contributed by atoms with van der Waals surface area (Å²) in [6.07, 6.45) is 1.14. The van der Waals surface area contributed by atoms with Crippen molar-refractivity contribution >= 4 is 11.6 Å². The fraction of sp³-hybridized carbons (Fsp3) is 0.538. The van der Waals surface area contributed by atoms with Crippen LogP contribution in [0.2, 0.25) is 5.02 Å². The molecule has 0 amide bonds. The summed E-state index contributed by atoms with van der Waals surface area (Å²) in [5, 5.41) is 0.848. The molecule has 0 aliphatic rings. The first kappa shape index (κ1) is 11.6. The van der Waals surface area contributed by atoms with Crippen LogP contribution in [0, 0.1) is 5.92 Å². The van der Waals surface area contributed by atoms with Crippen molar-refractivity contribution in [3.8, 4) is 0 Å². The van der Waals surface area contributed by atoms with E-state index in [1.807, 2.05) is 6.07 Å². The molecule has 0 spiro atoms. The summed E-state index contributed by atoms with van der Waals surface area (Å²) >= 11 is 6.00. The van der Waals surface area contributed by atoms with Crippen LogP contribution >= 0.6 is 11.6 Å². The Labute approximate surface area is 92.3 Å². The van der Waals surface area contributed by atoms with Crippen LogP contribution in [0.3, 0.4) is 0 Å². The zero-order valence-electron chi connectivity index (χ0n) is 9.47. The lowest BCUT2D eigenvalue weighted by molar-refractivity contribution is 0.638. The third kappa shape index (κ3) is 3.02. The minimum absolute atomic E-state index is 0.558. The lowest BCUT2D eigenvalue weighted by Gasteiger charge is -2.14. The molecule has 0 saturated heterocycles. The Morgan fingerprint density at radius 2 is 1.79 bits per heavy atom. The standard InChI is InChI=1S/C13H19Cl/c1-9(2)7-11-5-6-12(14)8-13(11)10(3)4/h5-6,8-10H,7H2,1-4H3. The number of rotatable bonds is 3. The molecule has 0 N–H and O–H groups in total. The van der Waals surface area contributed by atoms with Gasteiger partial charge < -0.3 is 0 Å². The van der Waals surface area contributed by atoms with E-state index in [4.69, 9.17) is 11.6 Å². The van der Waals surface area contributed by atoms with Gasteiger partial charge in [0, 0.05) is 5.02 Å². The predicted octanol–water partition coefficient (Wildman–Crippen LogP) is 4.66. The van der Waals surface area contributed by atoms with Gasteiger partial charge in [-0.3, -0.25) is 0 Å². The van der Waals surface area contributed by atoms with E-state index in [-0.39, 0.29) is 0 Å². The molecule has 0 aromatic heterocycles. The topological polar surface area (TPSA) is 0 Å². The van der Waals surface area contributed by atoms with E-state index in [9.17, 15) is 0 Å². The van der Waals surface area contributed by atoms with E-state index in [1.165, 1.54) is 11.1 Å². The van der Waals surface area contributed by atoms with Crippen molar-refractivity contribution in [1.29, 1.82) is 0 Å². The second-order valence-electron chi connectivity index (χ2n) is 4.60. The first-order valence-electron chi connectivity index (χ1n) is 5.29. The molecule has 0 radical (unpaired) electrons. The van der Waals surface area contributed by atoms with Crippen molar-refractivity contribution in [2.75, 3.05) is 0 Å². The molecule has 14 heavy (non-hydrogen) atoms. The van der Waals surface area contributed by atoms with Crippen LogP contribution in [0.25, 0.3) is 0 Å². The normalized spacial score (nSPS) is 11.4. The number of benzene rings is 1. The molecule has 1 aromatic carbocycles. The third-order valence-electron chi connectivity index (χ3n) is 2.36. The van der Waals surface area contributed by atoms with Gasteiger partial charge in [-0.05, 0) is 41.5 Å². The quantitative estimate of drug-likeness (QED) is 0.681. The maximum atomic E-state index is 6.00. The van der Waals surface area contributed by atoms with Gasteiger partial charge in [-0.1, -0.05) is 45.4 Å². The molecule has 78 valence electrons. The van der Waals surface area contributed by atoms with Gasteiger partial charge >= 0.3 is 0 Å². The highest BCUT2D eigenvalue weighted by Gasteiger charge is 2.08. The Morgan fingerprint density at radius 1 is 1.14 bits per heavy atom. The number of halogens is 1. The summed E-state index contributed by atoms with van der Waals surface area (Å²) in [4.78, 5) is 0. The molecule has 0 unspecified atom stereocenters. The minimum Gasteiger partial charge on any atom is -0.0843 e. The van der Waals surface area contributed by atoms with Gasteiger partial charge in [0.1, 0.15) is 0 Å². The van der Waals surface area contributed by atoms with Gasteiger partial charge in [-0.25, -0.2) is 0 Å². The van der Waals surface area contributed by atoms with Gasteiger partial charge in [-0.2, -0.15) is 0 Å². The summed E-state index contributed by atoms with van der Waals surface area (Å²) in [6, 6.07) is 6.26. The predicted molar refractivity (Wildman–Crippen MR) is 64.1 cm³/mol. The summed E-state index contributed by atoms with van der Waals surface area (Å²) in [7, 11) is 0. The first-order chi connectivity index (χ1) is 6.50. The molecule has 0 aliphatic carbocycles. The van der Waals surface area contributed by atoms with Crippen molar-refractivity contribution in [1.82, 2.24) is 0 Å². The Kier molecular flexibility index (Phi) is 4.00. The van der Waals surface area contributed by atoms with Gasteiger partial charge in [-0.15, -0.1) is 0 Å². The smallest absolute Gasteiger partial charge is 0.0409 e. The minimum atomic E-state index is 0.558. The van der Waals surface area contributed by atoms with E-state index in [0.717, 1.165) is 11.4 Å².